The van der Waals surface area contributed by atoms with E-state index in [2.05, 4.69) is 4.98 Å². The maximum Gasteiger partial charge on any atom is 0.276 e. The van der Waals surface area contributed by atoms with Crippen molar-refractivity contribution in [2.24, 2.45) is 0 Å². The zero-order chi connectivity index (χ0) is 16.5. The molecule has 0 aliphatic carbocycles. The lowest BCUT2D eigenvalue weighted by Gasteiger charge is -2.23. The minimum atomic E-state index is -3.16. The molecule has 0 fully saturated rings. The highest BCUT2D eigenvalue weighted by molar-refractivity contribution is 7.90. The van der Waals surface area contributed by atoms with E-state index in [-0.39, 0.29) is 17.4 Å². The minimum absolute atomic E-state index is 0.0933. The second kappa shape index (κ2) is 6.21. The molecule has 1 atom stereocenters. The highest BCUT2D eigenvalue weighted by atomic mass is 32.2. The Hall–Kier alpha value is -1.67. The van der Waals surface area contributed by atoms with Crippen molar-refractivity contribution in [2.75, 3.05) is 19.1 Å². The first-order valence-corrected chi connectivity index (χ1v) is 9.59. The number of nitrogens with zero attached hydrogens (tertiary/aromatic N) is 2. The lowest BCUT2D eigenvalue weighted by molar-refractivity contribution is 0.0750. The van der Waals surface area contributed by atoms with Gasteiger partial charge in [-0.15, -0.1) is 11.3 Å². The summed E-state index contributed by atoms with van der Waals surface area (Å²) in [6.07, 6.45) is 1.15. The van der Waals surface area contributed by atoms with Crippen molar-refractivity contribution >= 4 is 27.1 Å². The second-order valence-electron chi connectivity index (χ2n) is 5.26. The van der Waals surface area contributed by atoms with E-state index in [1.165, 1.54) is 16.2 Å². The Labute approximate surface area is 133 Å². The molecule has 0 aliphatic rings. The molecule has 0 aromatic carbocycles. The average Bonchev–Trinajstić information content (AvgIpc) is 3.03. The van der Waals surface area contributed by atoms with Gasteiger partial charge in [-0.1, -0.05) is 6.07 Å². The van der Waals surface area contributed by atoms with Gasteiger partial charge in [-0.2, -0.15) is 0 Å². The van der Waals surface area contributed by atoms with Crippen molar-refractivity contribution in [1.29, 1.82) is 0 Å². The Bertz CT molecular complexity index is 763. The Morgan fingerprint density at radius 3 is 2.73 bits per heavy atom. The molecule has 2 heterocycles. The van der Waals surface area contributed by atoms with Crippen LogP contribution in [0.3, 0.4) is 0 Å². The summed E-state index contributed by atoms with van der Waals surface area (Å²) in [5, 5.41) is 1.90. The van der Waals surface area contributed by atoms with E-state index >= 15 is 0 Å². The molecular weight excluding hydrogens is 324 g/mol. The van der Waals surface area contributed by atoms with Gasteiger partial charge in [-0.3, -0.25) is 4.79 Å². The number of amides is 1. The van der Waals surface area contributed by atoms with Crippen LogP contribution in [0.25, 0.3) is 10.8 Å². The molecule has 120 valence electrons. The highest BCUT2D eigenvalue weighted by Crippen LogP contribution is 2.26. The lowest BCUT2D eigenvalue weighted by Crippen LogP contribution is -2.39. The van der Waals surface area contributed by atoms with Crippen molar-refractivity contribution in [3.05, 3.63) is 29.0 Å². The molecule has 0 radical (unpaired) electrons. The SMILES string of the molecule is Cc1oc(-c2cccs2)nc1C(=O)N(C)[C@H](C)CS(C)(=O)=O. The van der Waals surface area contributed by atoms with Crippen molar-refractivity contribution in [3.8, 4) is 10.8 Å². The molecule has 0 aliphatic heterocycles. The van der Waals surface area contributed by atoms with Gasteiger partial charge < -0.3 is 9.32 Å². The van der Waals surface area contributed by atoms with Crippen LogP contribution in [0, 0.1) is 6.92 Å². The zero-order valence-electron chi connectivity index (χ0n) is 12.9. The fourth-order valence-corrected chi connectivity index (χ4v) is 3.77. The average molecular weight is 342 g/mol. The van der Waals surface area contributed by atoms with Gasteiger partial charge in [0.15, 0.2) is 5.69 Å². The van der Waals surface area contributed by atoms with Crippen LogP contribution in [0.15, 0.2) is 21.9 Å². The van der Waals surface area contributed by atoms with Crippen LogP contribution in [0.1, 0.15) is 23.2 Å². The normalized spacial score (nSPS) is 13.1. The Morgan fingerprint density at radius 2 is 2.18 bits per heavy atom. The fourth-order valence-electron chi connectivity index (χ4n) is 2.02. The number of rotatable bonds is 5. The summed E-state index contributed by atoms with van der Waals surface area (Å²) in [5.74, 6) is 0.385. The minimum Gasteiger partial charge on any atom is -0.440 e. The molecule has 0 spiro atoms. The number of hydrogen-bond acceptors (Lipinski definition) is 6. The van der Waals surface area contributed by atoms with Crippen LogP contribution in [-0.2, 0) is 9.84 Å². The number of carbonyl (C=O) groups excluding carboxylic acids is 1. The van der Waals surface area contributed by atoms with Crippen LogP contribution in [0.5, 0.6) is 0 Å². The summed E-state index contributed by atoms with van der Waals surface area (Å²) < 4.78 is 28.3. The van der Waals surface area contributed by atoms with E-state index in [4.69, 9.17) is 4.42 Å². The largest absolute Gasteiger partial charge is 0.440 e. The first-order valence-electron chi connectivity index (χ1n) is 6.65. The molecule has 1 amide bonds. The molecule has 0 saturated carbocycles. The van der Waals surface area contributed by atoms with E-state index in [0.717, 1.165) is 11.1 Å². The Morgan fingerprint density at radius 1 is 1.50 bits per heavy atom. The summed E-state index contributed by atoms with van der Waals surface area (Å²) in [6.45, 7) is 3.36. The zero-order valence-corrected chi connectivity index (χ0v) is 14.5. The third-order valence-electron chi connectivity index (χ3n) is 3.26. The van der Waals surface area contributed by atoms with Gasteiger partial charge in [-0.05, 0) is 25.3 Å². The van der Waals surface area contributed by atoms with Gasteiger partial charge in [0.05, 0.1) is 10.6 Å². The summed E-state index contributed by atoms with van der Waals surface area (Å²) in [4.78, 5) is 19.0. The molecule has 8 heteroatoms. The van der Waals surface area contributed by atoms with Gasteiger partial charge in [-0.25, -0.2) is 13.4 Å². The third-order valence-corrected chi connectivity index (χ3v) is 5.20. The third kappa shape index (κ3) is 3.75. The molecule has 0 saturated heterocycles. The summed E-state index contributed by atoms with van der Waals surface area (Å²) in [6, 6.07) is 3.30. The van der Waals surface area contributed by atoms with E-state index in [1.807, 2.05) is 17.5 Å². The first-order chi connectivity index (χ1) is 10.2. The first kappa shape index (κ1) is 16.7. The maximum absolute atomic E-state index is 12.5. The Balaban J connectivity index is 2.22. The van der Waals surface area contributed by atoms with Crippen molar-refractivity contribution in [1.82, 2.24) is 9.88 Å². The van der Waals surface area contributed by atoms with E-state index in [9.17, 15) is 13.2 Å². The van der Waals surface area contributed by atoms with Crippen molar-refractivity contribution in [3.63, 3.8) is 0 Å². The van der Waals surface area contributed by atoms with Crippen LogP contribution in [-0.4, -0.2) is 49.3 Å². The van der Waals surface area contributed by atoms with Crippen molar-refractivity contribution in [2.45, 2.75) is 19.9 Å². The summed E-state index contributed by atoms with van der Waals surface area (Å²) in [5.41, 5.74) is 0.214. The highest BCUT2D eigenvalue weighted by Gasteiger charge is 2.26. The molecule has 2 aromatic heterocycles. The molecule has 22 heavy (non-hydrogen) atoms. The number of hydrogen-bond donors (Lipinski definition) is 0. The second-order valence-corrected chi connectivity index (χ2v) is 8.39. The molecular formula is C14H18N2O4S2. The fraction of sp³-hybridized carbons (Fsp3) is 0.429. The lowest BCUT2D eigenvalue weighted by atomic mass is 10.2. The van der Waals surface area contributed by atoms with E-state index in [1.54, 1.807) is 20.9 Å². The van der Waals surface area contributed by atoms with Gasteiger partial charge in [0, 0.05) is 19.3 Å². The number of sulfone groups is 1. The molecule has 0 N–H and O–H groups in total. The van der Waals surface area contributed by atoms with Crippen LogP contribution < -0.4 is 0 Å². The van der Waals surface area contributed by atoms with Gasteiger partial charge in [0.1, 0.15) is 15.6 Å². The summed E-state index contributed by atoms with van der Waals surface area (Å²) >= 11 is 1.47. The van der Waals surface area contributed by atoms with E-state index in [0.29, 0.717) is 11.7 Å². The smallest absolute Gasteiger partial charge is 0.276 e. The topological polar surface area (TPSA) is 80.5 Å². The van der Waals surface area contributed by atoms with Crippen LogP contribution >= 0.6 is 11.3 Å². The quantitative estimate of drug-likeness (QED) is 0.832. The van der Waals surface area contributed by atoms with Gasteiger partial charge in [0.25, 0.3) is 5.91 Å². The number of carbonyl (C=O) groups is 1. The predicted molar refractivity (Wildman–Crippen MR) is 85.8 cm³/mol. The van der Waals surface area contributed by atoms with E-state index < -0.39 is 15.9 Å². The van der Waals surface area contributed by atoms with Gasteiger partial charge in [0.2, 0.25) is 5.89 Å². The van der Waals surface area contributed by atoms with Crippen LogP contribution in [0.2, 0.25) is 0 Å². The Kier molecular flexibility index (Phi) is 4.72. The van der Waals surface area contributed by atoms with Gasteiger partial charge >= 0.3 is 0 Å². The number of oxazole rings is 1. The molecule has 6 nitrogen and oxygen atoms in total. The molecule has 0 bridgehead atoms. The van der Waals surface area contributed by atoms with Crippen molar-refractivity contribution < 1.29 is 17.6 Å². The number of thiophene rings is 1. The number of aryl methyl sites for hydroxylation is 1. The monoisotopic (exact) mass is 342 g/mol. The predicted octanol–water partition coefficient (Wildman–Crippen LogP) is 2.22. The summed E-state index contributed by atoms with van der Waals surface area (Å²) in [7, 11) is -1.59. The maximum atomic E-state index is 12.5. The van der Waals surface area contributed by atoms with Crippen LogP contribution in [0.4, 0.5) is 0 Å². The standard InChI is InChI=1S/C14H18N2O4S2/c1-9(8-22(4,18)19)16(3)14(17)12-10(2)20-13(15-12)11-6-5-7-21-11/h5-7,9H,8H2,1-4H3/t9-/m1/s1. The number of aromatic nitrogens is 1. The molecule has 0 unspecified atom stereocenters. The molecule has 2 aromatic rings. The molecule has 2 rings (SSSR count).